The maximum Gasteiger partial charge on any atom is -0.0174 e. The summed E-state index contributed by atoms with van der Waals surface area (Å²) >= 11 is 0. The van der Waals surface area contributed by atoms with Crippen LogP contribution in [0.5, 0.6) is 0 Å². The van der Waals surface area contributed by atoms with E-state index in [9.17, 15) is 0 Å². The van der Waals surface area contributed by atoms with Gasteiger partial charge >= 0.3 is 0 Å². The van der Waals surface area contributed by atoms with Gasteiger partial charge in [-0.15, -0.1) is 6.58 Å². The highest BCUT2D eigenvalue weighted by Crippen LogP contribution is 2.50. The Labute approximate surface area is 58.0 Å². The Hall–Kier alpha value is -0.260. The fourth-order valence-corrected chi connectivity index (χ4v) is 1.97. The second-order valence-corrected chi connectivity index (χ2v) is 2.96. The Morgan fingerprint density at radius 3 is 1.78 bits per heavy atom. The van der Waals surface area contributed by atoms with E-state index in [0.29, 0.717) is 0 Å². The normalized spacial score (nSPS) is 40.4. The molecule has 1 rings (SSSR count). The number of rotatable bonds is 3. The highest BCUT2D eigenvalue weighted by atomic mass is 14.5. The van der Waals surface area contributed by atoms with Gasteiger partial charge in [0.15, 0.2) is 0 Å². The first-order valence-electron chi connectivity index (χ1n) is 3.97. The van der Waals surface area contributed by atoms with Crippen molar-refractivity contribution < 1.29 is 0 Å². The molecule has 1 aliphatic carbocycles. The lowest BCUT2D eigenvalue weighted by Crippen LogP contribution is -1.74. The summed E-state index contributed by atoms with van der Waals surface area (Å²) in [6.07, 6.45) is 4.81. The van der Waals surface area contributed by atoms with Gasteiger partial charge in [-0.25, -0.2) is 0 Å². The fraction of sp³-hybridized carbons (Fsp3) is 0.778. The van der Waals surface area contributed by atoms with Crippen molar-refractivity contribution >= 4 is 0 Å². The number of hydrogen-bond donors (Lipinski definition) is 0. The van der Waals surface area contributed by atoms with Gasteiger partial charge in [-0.05, 0) is 17.8 Å². The largest absolute Gasteiger partial charge is 0.103 e. The molecular formula is C9H16. The van der Waals surface area contributed by atoms with Gasteiger partial charge in [0.05, 0.1) is 0 Å². The van der Waals surface area contributed by atoms with Crippen LogP contribution in [0.15, 0.2) is 12.7 Å². The molecule has 1 fully saturated rings. The van der Waals surface area contributed by atoms with E-state index in [-0.39, 0.29) is 0 Å². The van der Waals surface area contributed by atoms with Crippen LogP contribution < -0.4 is 0 Å². The lowest BCUT2D eigenvalue weighted by Gasteiger charge is -1.84. The van der Waals surface area contributed by atoms with E-state index in [1.54, 1.807) is 0 Å². The second-order valence-electron chi connectivity index (χ2n) is 2.96. The molecule has 0 aromatic heterocycles. The van der Waals surface area contributed by atoms with E-state index in [1.165, 1.54) is 12.8 Å². The summed E-state index contributed by atoms with van der Waals surface area (Å²) < 4.78 is 0. The minimum Gasteiger partial charge on any atom is -0.103 e. The zero-order valence-electron chi connectivity index (χ0n) is 6.43. The third-order valence-electron chi connectivity index (χ3n) is 2.61. The van der Waals surface area contributed by atoms with E-state index in [1.807, 2.05) is 0 Å². The molecule has 0 heterocycles. The van der Waals surface area contributed by atoms with Crippen molar-refractivity contribution in [2.45, 2.75) is 26.7 Å². The average Bonchev–Trinajstić information content (AvgIpc) is 2.59. The molecule has 52 valence electrons. The van der Waals surface area contributed by atoms with Crippen molar-refractivity contribution in [1.29, 1.82) is 0 Å². The molecule has 1 aliphatic rings. The summed E-state index contributed by atoms with van der Waals surface area (Å²) in [6, 6.07) is 0. The number of allylic oxidation sites excluding steroid dienone is 1. The molecule has 0 heteroatoms. The maximum absolute atomic E-state index is 3.82. The molecule has 0 saturated heterocycles. The highest BCUT2D eigenvalue weighted by molar-refractivity contribution is 5.04. The van der Waals surface area contributed by atoms with Crippen LogP contribution in [0.1, 0.15) is 26.7 Å². The fourth-order valence-electron chi connectivity index (χ4n) is 1.97. The van der Waals surface area contributed by atoms with Crippen LogP contribution in [0.25, 0.3) is 0 Å². The lowest BCUT2D eigenvalue weighted by atomic mass is 10.2. The Morgan fingerprint density at radius 2 is 1.67 bits per heavy atom. The van der Waals surface area contributed by atoms with Crippen LogP contribution in [-0.4, -0.2) is 0 Å². The molecule has 0 spiro atoms. The van der Waals surface area contributed by atoms with Crippen molar-refractivity contribution in [1.82, 2.24) is 0 Å². The molecule has 1 saturated carbocycles. The number of hydrogen-bond acceptors (Lipinski definition) is 0. The first-order chi connectivity index (χ1) is 4.35. The van der Waals surface area contributed by atoms with Gasteiger partial charge in [0, 0.05) is 0 Å². The van der Waals surface area contributed by atoms with Gasteiger partial charge in [0.25, 0.3) is 0 Å². The van der Waals surface area contributed by atoms with Crippen LogP contribution >= 0.6 is 0 Å². The van der Waals surface area contributed by atoms with Gasteiger partial charge in [-0.3, -0.25) is 0 Å². The summed E-state index contributed by atoms with van der Waals surface area (Å²) in [7, 11) is 0. The minimum atomic E-state index is 0.861. The van der Waals surface area contributed by atoms with Gasteiger partial charge in [-0.1, -0.05) is 32.8 Å². The Bertz CT molecular complexity index is 94.6. The van der Waals surface area contributed by atoms with E-state index < -0.39 is 0 Å². The molecule has 0 nitrogen and oxygen atoms in total. The summed E-state index contributed by atoms with van der Waals surface area (Å²) in [4.78, 5) is 0. The smallest absolute Gasteiger partial charge is 0.0174 e. The summed E-state index contributed by atoms with van der Waals surface area (Å²) in [5.74, 6) is 2.82. The molecular weight excluding hydrogens is 108 g/mol. The molecule has 0 aliphatic heterocycles. The molecule has 0 bridgehead atoms. The zero-order valence-corrected chi connectivity index (χ0v) is 6.43. The zero-order chi connectivity index (χ0) is 6.85. The highest BCUT2D eigenvalue weighted by Gasteiger charge is 2.44. The van der Waals surface area contributed by atoms with Crippen molar-refractivity contribution in [3.05, 3.63) is 12.7 Å². The monoisotopic (exact) mass is 124 g/mol. The Morgan fingerprint density at radius 1 is 1.22 bits per heavy atom. The van der Waals surface area contributed by atoms with Crippen molar-refractivity contribution in [2.75, 3.05) is 0 Å². The third kappa shape index (κ3) is 1.03. The van der Waals surface area contributed by atoms with Crippen molar-refractivity contribution in [3.63, 3.8) is 0 Å². The summed E-state index contributed by atoms with van der Waals surface area (Å²) in [5, 5.41) is 0. The summed E-state index contributed by atoms with van der Waals surface area (Å²) in [5.41, 5.74) is 0. The van der Waals surface area contributed by atoms with Crippen molar-refractivity contribution in [2.24, 2.45) is 17.8 Å². The van der Waals surface area contributed by atoms with Crippen LogP contribution in [0.3, 0.4) is 0 Å². The predicted molar refractivity (Wildman–Crippen MR) is 41.2 cm³/mol. The van der Waals surface area contributed by atoms with Crippen LogP contribution in [-0.2, 0) is 0 Å². The van der Waals surface area contributed by atoms with Gasteiger partial charge < -0.3 is 0 Å². The summed E-state index contributed by atoms with van der Waals surface area (Å²) in [6.45, 7) is 8.37. The molecule has 0 radical (unpaired) electrons. The first kappa shape index (κ1) is 6.85. The maximum atomic E-state index is 3.82. The van der Waals surface area contributed by atoms with E-state index in [2.05, 4.69) is 26.5 Å². The quantitative estimate of drug-likeness (QED) is 0.507. The molecule has 2 unspecified atom stereocenters. The topological polar surface area (TPSA) is 0 Å². The standard InChI is InChI=1S/C9H16/c1-4-7-8(5-2)9(7)6-3/h4,7-9H,1,5-6H2,2-3H3. The van der Waals surface area contributed by atoms with Gasteiger partial charge in [0.1, 0.15) is 0 Å². The van der Waals surface area contributed by atoms with Gasteiger partial charge in [-0.2, -0.15) is 0 Å². The Balaban J connectivity index is 2.34. The molecule has 0 N–H and O–H groups in total. The Kier molecular flexibility index (Phi) is 1.94. The van der Waals surface area contributed by atoms with Crippen molar-refractivity contribution in [3.8, 4) is 0 Å². The first-order valence-corrected chi connectivity index (χ1v) is 3.97. The van der Waals surface area contributed by atoms with Crippen LogP contribution in [0, 0.1) is 17.8 Å². The van der Waals surface area contributed by atoms with Crippen LogP contribution in [0.2, 0.25) is 0 Å². The van der Waals surface area contributed by atoms with E-state index in [4.69, 9.17) is 0 Å². The lowest BCUT2D eigenvalue weighted by molar-refractivity contribution is 0.663. The minimum absolute atomic E-state index is 0.861. The molecule has 0 aromatic rings. The molecule has 2 atom stereocenters. The van der Waals surface area contributed by atoms with E-state index in [0.717, 1.165) is 17.8 Å². The SMILES string of the molecule is C=CC1C(CC)C1CC. The van der Waals surface area contributed by atoms with E-state index >= 15 is 0 Å². The third-order valence-corrected chi connectivity index (χ3v) is 2.61. The predicted octanol–water partition coefficient (Wildman–Crippen LogP) is 2.85. The molecule has 0 amide bonds. The van der Waals surface area contributed by atoms with Gasteiger partial charge in [0.2, 0.25) is 0 Å². The molecule has 0 aromatic carbocycles. The second kappa shape index (κ2) is 2.55. The average molecular weight is 124 g/mol. The van der Waals surface area contributed by atoms with Crippen LogP contribution in [0.4, 0.5) is 0 Å². The molecule has 9 heavy (non-hydrogen) atoms.